The molecule has 0 unspecified atom stereocenters. The summed E-state index contributed by atoms with van der Waals surface area (Å²) in [6, 6.07) is 14.8. The van der Waals surface area contributed by atoms with Gasteiger partial charge < -0.3 is 10.2 Å². The Hall–Kier alpha value is -2.57. The van der Waals surface area contributed by atoms with Crippen molar-refractivity contribution >= 4 is 58.2 Å². The van der Waals surface area contributed by atoms with Gasteiger partial charge in [0, 0.05) is 54.5 Å². The molecule has 1 amide bonds. The highest BCUT2D eigenvalue weighted by molar-refractivity contribution is 6.32. The van der Waals surface area contributed by atoms with Crippen molar-refractivity contribution in [3.63, 3.8) is 0 Å². The summed E-state index contributed by atoms with van der Waals surface area (Å²) in [6.07, 6.45) is 5.81. The maximum atomic E-state index is 12.8. The molecule has 2 heterocycles. The first kappa shape index (κ1) is 24.6. The number of hydrogen-bond donors (Lipinski definition) is 1. The van der Waals surface area contributed by atoms with Gasteiger partial charge in [0.15, 0.2) is 0 Å². The number of pyridine rings is 1. The molecule has 8 heteroatoms. The van der Waals surface area contributed by atoms with Gasteiger partial charge in [0.2, 0.25) is 0 Å². The van der Waals surface area contributed by atoms with Gasteiger partial charge in [-0.1, -0.05) is 59.1 Å². The largest absolute Gasteiger partial charge is 0.367 e. The van der Waals surface area contributed by atoms with Gasteiger partial charge >= 0.3 is 0 Å². The molecule has 0 atom stereocenters. The first-order chi connectivity index (χ1) is 16.4. The van der Waals surface area contributed by atoms with Crippen molar-refractivity contribution in [3.05, 3.63) is 92.7 Å². The number of hydrogen-bond acceptors (Lipinski definition) is 4. The average Bonchev–Trinajstić information content (AvgIpc) is 2.83. The molecule has 0 spiro atoms. The Morgan fingerprint density at radius 2 is 1.76 bits per heavy atom. The summed E-state index contributed by atoms with van der Waals surface area (Å²) in [7, 11) is 0. The Morgan fingerprint density at radius 3 is 2.47 bits per heavy atom. The van der Waals surface area contributed by atoms with E-state index in [2.05, 4.69) is 32.3 Å². The monoisotopic (exact) mass is 514 g/mol. The predicted molar refractivity (Wildman–Crippen MR) is 143 cm³/mol. The highest BCUT2D eigenvalue weighted by Crippen LogP contribution is 2.33. The lowest BCUT2D eigenvalue weighted by Gasteiger charge is -2.36. The van der Waals surface area contributed by atoms with Gasteiger partial charge in [0.25, 0.3) is 5.91 Å². The summed E-state index contributed by atoms with van der Waals surface area (Å²) in [6.45, 7) is 6.28. The molecular formula is C26H25Cl3N4O. The van der Waals surface area contributed by atoms with E-state index in [1.165, 1.54) is 6.20 Å². The summed E-state index contributed by atoms with van der Waals surface area (Å²) in [5.74, 6) is -0.238. The van der Waals surface area contributed by atoms with Crippen LogP contribution < -0.4 is 10.2 Å². The van der Waals surface area contributed by atoms with E-state index in [9.17, 15) is 4.79 Å². The van der Waals surface area contributed by atoms with Crippen LogP contribution >= 0.6 is 34.8 Å². The molecule has 1 fully saturated rings. The highest BCUT2D eigenvalue weighted by atomic mass is 35.5. The fourth-order valence-electron chi connectivity index (χ4n) is 3.85. The van der Waals surface area contributed by atoms with E-state index in [1.807, 2.05) is 43.3 Å². The minimum absolute atomic E-state index is 0.238. The summed E-state index contributed by atoms with van der Waals surface area (Å²) in [4.78, 5) is 21.4. The molecule has 2 aromatic carbocycles. The molecule has 1 saturated heterocycles. The number of nitrogens with one attached hydrogen (secondary N) is 1. The second-order valence-electron chi connectivity index (χ2n) is 8.18. The first-order valence-electron chi connectivity index (χ1n) is 11.0. The Balaban J connectivity index is 1.41. The van der Waals surface area contributed by atoms with Crippen molar-refractivity contribution < 1.29 is 4.79 Å². The molecule has 176 valence electrons. The summed E-state index contributed by atoms with van der Waals surface area (Å²) >= 11 is 18.4. The van der Waals surface area contributed by atoms with E-state index in [1.54, 1.807) is 12.1 Å². The van der Waals surface area contributed by atoms with Crippen molar-refractivity contribution in [2.24, 2.45) is 0 Å². The lowest BCUT2D eigenvalue weighted by Crippen LogP contribution is -2.46. The molecule has 4 rings (SSSR count). The summed E-state index contributed by atoms with van der Waals surface area (Å²) < 4.78 is 0. The van der Waals surface area contributed by atoms with Crippen LogP contribution in [0.3, 0.4) is 0 Å². The van der Waals surface area contributed by atoms with E-state index in [0.717, 1.165) is 60.2 Å². The molecule has 3 aromatic rings. The molecule has 0 saturated carbocycles. The number of rotatable bonds is 6. The zero-order valence-corrected chi connectivity index (χ0v) is 21.0. The van der Waals surface area contributed by atoms with Gasteiger partial charge in [0.1, 0.15) is 5.15 Å². The second-order valence-corrected chi connectivity index (χ2v) is 9.41. The van der Waals surface area contributed by atoms with E-state index < -0.39 is 0 Å². The average molecular weight is 516 g/mol. The second kappa shape index (κ2) is 11.2. The number of carbonyl (C=O) groups excluding carboxylic acids is 1. The Bertz CT molecular complexity index is 1190. The SMILES string of the molecule is Cc1cc(NC(=O)c2ccnc(Cl)c2)c(N2CCN(C/C=C/c3ccc(Cl)cc3)CC2)cc1Cl. The standard InChI is InChI=1S/C26H25Cl3N4O/c1-18-15-23(31-26(34)20-8-9-30-25(29)16-20)24(17-22(18)28)33-13-11-32(12-14-33)10-2-3-19-4-6-21(27)7-5-19/h2-9,15-17H,10-14H2,1H3,(H,31,34)/b3-2+. The van der Waals surface area contributed by atoms with Gasteiger partial charge in [-0.15, -0.1) is 0 Å². The lowest BCUT2D eigenvalue weighted by atomic mass is 10.1. The quantitative estimate of drug-likeness (QED) is 0.384. The molecule has 1 N–H and O–H groups in total. The number of piperazine rings is 1. The molecule has 34 heavy (non-hydrogen) atoms. The lowest BCUT2D eigenvalue weighted by molar-refractivity contribution is 0.102. The van der Waals surface area contributed by atoms with Crippen molar-refractivity contribution in [2.75, 3.05) is 42.9 Å². The van der Waals surface area contributed by atoms with Crippen LogP contribution in [0.2, 0.25) is 15.2 Å². The number of carbonyl (C=O) groups is 1. The number of halogens is 3. The maximum Gasteiger partial charge on any atom is 0.255 e. The molecule has 0 radical (unpaired) electrons. The van der Waals surface area contributed by atoms with Crippen LogP contribution in [0.15, 0.2) is 60.8 Å². The van der Waals surface area contributed by atoms with E-state index in [4.69, 9.17) is 34.8 Å². The Kier molecular flexibility index (Phi) is 8.11. The molecular weight excluding hydrogens is 491 g/mol. The summed E-state index contributed by atoms with van der Waals surface area (Å²) in [5.41, 5.74) is 4.14. The minimum Gasteiger partial charge on any atom is -0.367 e. The molecule has 1 aliphatic heterocycles. The molecule has 0 bridgehead atoms. The summed E-state index contributed by atoms with van der Waals surface area (Å²) in [5, 5.41) is 4.72. The smallest absolute Gasteiger partial charge is 0.255 e. The van der Waals surface area contributed by atoms with Crippen molar-refractivity contribution in [1.29, 1.82) is 0 Å². The first-order valence-corrected chi connectivity index (χ1v) is 12.1. The highest BCUT2D eigenvalue weighted by Gasteiger charge is 2.21. The van der Waals surface area contributed by atoms with Crippen LogP contribution in [0.25, 0.3) is 6.08 Å². The molecule has 0 aliphatic carbocycles. The van der Waals surface area contributed by atoms with Gasteiger partial charge in [0.05, 0.1) is 11.4 Å². The topological polar surface area (TPSA) is 48.5 Å². The number of anilines is 2. The van der Waals surface area contributed by atoms with Crippen LogP contribution in [-0.2, 0) is 0 Å². The Labute approximate surface area is 214 Å². The Morgan fingerprint density at radius 1 is 1.03 bits per heavy atom. The van der Waals surface area contributed by atoms with Crippen LogP contribution in [0.5, 0.6) is 0 Å². The fourth-order valence-corrected chi connectivity index (χ4v) is 4.31. The van der Waals surface area contributed by atoms with E-state index in [-0.39, 0.29) is 11.1 Å². The zero-order chi connectivity index (χ0) is 24.1. The predicted octanol–water partition coefficient (Wildman–Crippen LogP) is 6.44. The number of benzene rings is 2. The van der Waals surface area contributed by atoms with Crippen LogP contribution in [0.1, 0.15) is 21.5 Å². The minimum atomic E-state index is -0.238. The normalized spacial score (nSPS) is 14.5. The zero-order valence-electron chi connectivity index (χ0n) is 18.8. The van der Waals surface area contributed by atoms with E-state index >= 15 is 0 Å². The van der Waals surface area contributed by atoms with Gasteiger partial charge in [-0.3, -0.25) is 9.69 Å². The van der Waals surface area contributed by atoms with Crippen LogP contribution in [0, 0.1) is 6.92 Å². The maximum absolute atomic E-state index is 12.8. The van der Waals surface area contributed by atoms with Gasteiger partial charge in [-0.2, -0.15) is 0 Å². The van der Waals surface area contributed by atoms with Crippen molar-refractivity contribution in [1.82, 2.24) is 9.88 Å². The third-order valence-corrected chi connectivity index (χ3v) is 6.64. The number of amides is 1. The number of aromatic nitrogens is 1. The van der Waals surface area contributed by atoms with Crippen LogP contribution in [-0.4, -0.2) is 48.5 Å². The number of nitrogens with zero attached hydrogens (tertiary/aromatic N) is 3. The number of aryl methyl sites for hydroxylation is 1. The van der Waals surface area contributed by atoms with Crippen LogP contribution in [0.4, 0.5) is 11.4 Å². The third kappa shape index (κ3) is 6.30. The van der Waals surface area contributed by atoms with E-state index in [0.29, 0.717) is 10.6 Å². The van der Waals surface area contributed by atoms with Gasteiger partial charge in [-0.25, -0.2) is 4.98 Å². The molecule has 5 nitrogen and oxygen atoms in total. The van der Waals surface area contributed by atoms with Crippen molar-refractivity contribution in [3.8, 4) is 0 Å². The third-order valence-electron chi connectivity index (χ3n) is 5.77. The van der Waals surface area contributed by atoms with Gasteiger partial charge in [-0.05, 0) is 54.4 Å². The van der Waals surface area contributed by atoms with Crippen molar-refractivity contribution in [2.45, 2.75) is 6.92 Å². The fraction of sp³-hybridized carbons (Fsp3) is 0.231. The molecule has 1 aliphatic rings. The molecule has 1 aromatic heterocycles.